The molecular formula is C31H45NO7. The van der Waals surface area contributed by atoms with Gasteiger partial charge in [0, 0.05) is 44.1 Å². The van der Waals surface area contributed by atoms with Gasteiger partial charge in [0.15, 0.2) is 5.78 Å². The first-order valence-electron chi connectivity index (χ1n) is 14.3. The molecule has 1 aromatic carbocycles. The predicted octanol–water partition coefficient (Wildman–Crippen LogP) is 6.07. The number of rotatable bonds is 17. The monoisotopic (exact) mass is 543 g/mol. The fourth-order valence-corrected chi connectivity index (χ4v) is 5.16. The number of unbranched alkanes of at least 4 members (excludes halogenated alkanes) is 5. The quantitative estimate of drug-likeness (QED) is 0.110. The topological polar surface area (TPSA) is 108 Å². The second-order valence-electron chi connectivity index (χ2n) is 10.2. The summed E-state index contributed by atoms with van der Waals surface area (Å²) in [6.07, 6.45) is 11.1. The van der Waals surface area contributed by atoms with Crippen LogP contribution in [0.5, 0.6) is 0 Å². The Balaban J connectivity index is 2.08. The Morgan fingerprint density at radius 2 is 1.69 bits per heavy atom. The van der Waals surface area contributed by atoms with E-state index < -0.39 is 6.09 Å². The lowest BCUT2D eigenvalue weighted by molar-refractivity contribution is -0.148. The normalized spacial score (nSPS) is 20.5. The van der Waals surface area contributed by atoms with Crippen LogP contribution in [-0.2, 0) is 35.2 Å². The Labute approximate surface area is 232 Å². The number of hydrogen-bond acceptors (Lipinski definition) is 7. The number of carbonyl (C=O) groups excluding carboxylic acids is 4. The summed E-state index contributed by atoms with van der Waals surface area (Å²) in [6, 6.07) is 9.11. The van der Waals surface area contributed by atoms with Gasteiger partial charge in [-0.3, -0.25) is 14.4 Å². The number of benzene rings is 1. The highest BCUT2D eigenvalue weighted by Gasteiger charge is 2.44. The van der Waals surface area contributed by atoms with Crippen LogP contribution in [0, 0.1) is 11.8 Å². The van der Waals surface area contributed by atoms with Gasteiger partial charge in [0.25, 0.3) is 0 Å². The predicted molar refractivity (Wildman–Crippen MR) is 149 cm³/mol. The molecule has 2 rings (SSSR count). The van der Waals surface area contributed by atoms with Crippen LogP contribution in [0.2, 0.25) is 0 Å². The molecule has 1 aliphatic carbocycles. The van der Waals surface area contributed by atoms with Crippen LogP contribution >= 0.6 is 0 Å². The van der Waals surface area contributed by atoms with Gasteiger partial charge < -0.3 is 19.5 Å². The van der Waals surface area contributed by atoms with Crippen molar-refractivity contribution in [3.8, 4) is 0 Å². The molecular weight excluding hydrogens is 498 g/mol. The summed E-state index contributed by atoms with van der Waals surface area (Å²) >= 11 is 0. The van der Waals surface area contributed by atoms with Crippen LogP contribution in [-0.4, -0.2) is 43.1 Å². The molecule has 0 aromatic heterocycles. The number of allylic oxidation sites excluding steroid dienone is 1. The number of carbonyl (C=O) groups is 4. The molecule has 0 spiro atoms. The molecule has 4 atom stereocenters. The summed E-state index contributed by atoms with van der Waals surface area (Å²) < 4.78 is 15.8. The highest BCUT2D eigenvalue weighted by Crippen LogP contribution is 2.39. The second kappa shape index (κ2) is 18.2. The number of ketones is 1. The zero-order valence-electron chi connectivity index (χ0n) is 23.7. The number of amides is 1. The van der Waals surface area contributed by atoms with Crippen LogP contribution < -0.4 is 5.32 Å². The van der Waals surface area contributed by atoms with Crippen molar-refractivity contribution in [3.63, 3.8) is 0 Å². The first kappa shape index (κ1) is 32.1. The number of alkyl carbamates (subject to hydrolysis) is 1. The number of esters is 2. The van der Waals surface area contributed by atoms with Crippen molar-refractivity contribution in [2.24, 2.45) is 11.8 Å². The molecule has 216 valence electrons. The van der Waals surface area contributed by atoms with Crippen LogP contribution in [0.1, 0.15) is 90.0 Å². The van der Waals surface area contributed by atoms with Gasteiger partial charge in [-0.15, -0.1) is 0 Å². The largest absolute Gasteiger partial charge is 0.469 e. The van der Waals surface area contributed by atoms with E-state index in [0.717, 1.165) is 56.9 Å². The van der Waals surface area contributed by atoms with E-state index in [1.165, 1.54) is 14.0 Å². The molecule has 1 amide bonds. The van der Waals surface area contributed by atoms with Crippen LogP contribution in [0.25, 0.3) is 0 Å². The number of ether oxygens (including phenoxy) is 3. The molecule has 8 heteroatoms. The van der Waals surface area contributed by atoms with Crippen LogP contribution in [0.15, 0.2) is 42.5 Å². The molecule has 1 saturated carbocycles. The van der Waals surface area contributed by atoms with E-state index in [0.29, 0.717) is 19.3 Å². The van der Waals surface area contributed by atoms with Gasteiger partial charge in [-0.05, 0) is 30.9 Å². The minimum Gasteiger partial charge on any atom is -0.469 e. The Kier molecular flexibility index (Phi) is 14.9. The van der Waals surface area contributed by atoms with E-state index in [1.54, 1.807) is 6.08 Å². The molecule has 39 heavy (non-hydrogen) atoms. The zero-order valence-corrected chi connectivity index (χ0v) is 23.7. The van der Waals surface area contributed by atoms with Crippen molar-refractivity contribution in [3.05, 3.63) is 48.0 Å². The van der Waals surface area contributed by atoms with E-state index in [-0.39, 0.29) is 48.3 Å². The van der Waals surface area contributed by atoms with Crippen molar-refractivity contribution >= 4 is 23.8 Å². The molecule has 0 radical (unpaired) electrons. The Morgan fingerprint density at radius 3 is 2.38 bits per heavy atom. The van der Waals surface area contributed by atoms with Crippen molar-refractivity contribution in [1.29, 1.82) is 0 Å². The van der Waals surface area contributed by atoms with Crippen LogP contribution in [0.3, 0.4) is 0 Å². The fourth-order valence-electron chi connectivity index (χ4n) is 5.16. The number of methoxy groups -OCH3 is 1. The molecule has 8 nitrogen and oxygen atoms in total. The average Bonchev–Trinajstić information content (AvgIpc) is 3.23. The Morgan fingerprint density at radius 1 is 0.974 bits per heavy atom. The number of nitrogens with one attached hydrogen (secondary N) is 1. The summed E-state index contributed by atoms with van der Waals surface area (Å²) in [5.41, 5.74) is 0.885. The van der Waals surface area contributed by atoms with Gasteiger partial charge in [-0.25, -0.2) is 4.79 Å². The molecule has 1 N–H and O–H groups in total. The van der Waals surface area contributed by atoms with Gasteiger partial charge in [-0.2, -0.15) is 0 Å². The third kappa shape index (κ3) is 12.5. The molecule has 0 bridgehead atoms. The van der Waals surface area contributed by atoms with Crippen LogP contribution in [0.4, 0.5) is 4.79 Å². The summed E-state index contributed by atoms with van der Waals surface area (Å²) in [6.45, 7) is 3.64. The highest BCUT2D eigenvalue weighted by atomic mass is 16.6. The second-order valence-corrected chi connectivity index (χ2v) is 10.2. The maximum absolute atomic E-state index is 12.7. The lowest BCUT2D eigenvalue weighted by Gasteiger charge is -2.24. The smallest absolute Gasteiger partial charge is 0.407 e. The molecule has 1 aromatic rings. The summed E-state index contributed by atoms with van der Waals surface area (Å²) in [4.78, 5) is 48.5. The summed E-state index contributed by atoms with van der Waals surface area (Å²) in [5.74, 6) is -0.736. The molecule has 1 aliphatic rings. The third-order valence-corrected chi connectivity index (χ3v) is 7.18. The summed E-state index contributed by atoms with van der Waals surface area (Å²) in [7, 11) is 1.39. The maximum Gasteiger partial charge on any atom is 0.407 e. The minimum absolute atomic E-state index is 0.0476. The Hall–Kier alpha value is -3.16. The van der Waals surface area contributed by atoms with E-state index in [1.807, 2.05) is 36.4 Å². The first-order chi connectivity index (χ1) is 18.8. The van der Waals surface area contributed by atoms with Crippen molar-refractivity contribution in [1.82, 2.24) is 5.32 Å². The van der Waals surface area contributed by atoms with E-state index in [9.17, 15) is 19.2 Å². The van der Waals surface area contributed by atoms with Gasteiger partial charge in [-0.1, -0.05) is 75.4 Å². The van der Waals surface area contributed by atoms with Gasteiger partial charge in [0.2, 0.25) is 0 Å². The Bertz CT molecular complexity index is 930. The third-order valence-electron chi connectivity index (χ3n) is 7.18. The standard InChI is InChI=1S/C31H45NO7/c1-4-5-9-16-25(34)19-20-26-27(17-12-6-7-13-18-30(35)37-3)29(39-23(2)33)21-28(26)32-31(36)38-22-24-14-10-8-11-15-24/h8,10-11,14-15,19-20,26-29H,4-7,9,12-13,16-18,21-22H2,1-3H3,(H,32,36)/b20-19+/t26-,27-,28-,29+/m1/s1. The zero-order chi connectivity index (χ0) is 28.5. The number of hydrogen-bond donors (Lipinski definition) is 1. The summed E-state index contributed by atoms with van der Waals surface area (Å²) in [5, 5.41) is 2.97. The molecule has 0 unspecified atom stereocenters. The average molecular weight is 544 g/mol. The van der Waals surface area contributed by atoms with Crippen molar-refractivity contribution < 1.29 is 33.4 Å². The van der Waals surface area contributed by atoms with E-state index in [4.69, 9.17) is 14.2 Å². The van der Waals surface area contributed by atoms with E-state index in [2.05, 4.69) is 12.2 Å². The van der Waals surface area contributed by atoms with Gasteiger partial charge in [0.1, 0.15) is 12.7 Å². The van der Waals surface area contributed by atoms with Gasteiger partial charge >= 0.3 is 18.0 Å². The van der Waals surface area contributed by atoms with Crippen molar-refractivity contribution in [2.75, 3.05) is 7.11 Å². The highest BCUT2D eigenvalue weighted by molar-refractivity contribution is 5.89. The molecule has 0 heterocycles. The SMILES string of the molecule is CCCCCC(=O)/C=C/[C@@H]1[C@@H](CCCCCCC(=O)OC)[C@@H](OC(C)=O)C[C@H]1NC(=O)OCc1ccccc1. The fraction of sp³-hybridized carbons (Fsp3) is 0.613. The lowest BCUT2D eigenvalue weighted by Crippen LogP contribution is -2.38. The minimum atomic E-state index is -0.540. The lowest BCUT2D eigenvalue weighted by atomic mass is 9.87. The molecule has 1 fully saturated rings. The first-order valence-corrected chi connectivity index (χ1v) is 14.3. The maximum atomic E-state index is 12.7. The van der Waals surface area contributed by atoms with Gasteiger partial charge in [0.05, 0.1) is 7.11 Å². The molecule has 0 saturated heterocycles. The molecule has 0 aliphatic heterocycles. The van der Waals surface area contributed by atoms with E-state index >= 15 is 0 Å². The van der Waals surface area contributed by atoms with Crippen molar-refractivity contribution in [2.45, 2.75) is 103 Å².